The van der Waals surface area contributed by atoms with Crippen LogP contribution in [0.1, 0.15) is 65.7 Å². The number of aliphatic hydroxyl groups excluding tert-OH is 1. The van der Waals surface area contributed by atoms with E-state index >= 15 is 0 Å². The second-order valence-corrected chi connectivity index (χ2v) is 7.72. The third-order valence-electron chi connectivity index (χ3n) is 4.94. The molecule has 0 saturated heterocycles. The Hall–Kier alpha value is -1.30. The SMILES string of the molecule is CC(C)(C)OC(=O)NC1(C2(C(=O)O)CC(O)C2)CCCCC1. The van der Waals surface area contributed by atoms with E-state index in [4.69, 9.17) is 4.74 Å². The van der Waals surface area contributed by atoms with Crippen molar-refractivity contribution in [2.24, 2.45) is 5.41 Å². The molecule has 0 radical (unpaired) electrons. The van der Waals surface area contributed by atoms with Gasteiger partial charge < -0.3 is 20.3 Å². The highest BCUT2D eigenvalue weighted by molar-refractivity contribution is 5.80. The molecule has 6 nitrogen and oxygen atoms in total. The first-order valence-corrected chi connectivity index (χ1v) is 8.03. The Morgan fingerprint density at radius 1 is 1.14 bits per heavy atom. The minimum absolute atomic E-state index is 0.193. The second kappa shape index (κ2) is 5.72. The molecule has 0 aromatic carbocycles. The molecule has 2 aliphatic carbocycles. The average molecular weight is 313 g/mol. The number of ether oxygens (including phenoxy) is 1. The highest BCUT2D eigenvalue weighted by Gasteiger charge is 2.64. The summed E-state index contributed by atoms with van der Waals surface area (Å²) >= 11 is 0. The zero-order chi connectivity index (χ0) is 16.6. The van der Waals surface area contributed by atoms with Crippen molar-refractivity contribution in [1.82, 2.24) is 5.32 Å². The van der Waals surface area contributed by atoms with Crippen molar-refractivity contribution < 1.29 is 24.5 Å². The molecule has 0 spiro atoms. The maximum absolute atomic E-state index is 12.2. The van der Waals surface area contributed by atoms with Crippen LogP contribution in [0.3, 0.4) is 0 Å². The number of hydrogen-bond acceptors (Lipinski definition) is 4. The van der Waals surface area contributed by atoms with Crippen molar-refractivity contribution in [3.63, 3.8) is 0 Å². The van der Waals surface area contributed by atoms with Gasteiger partial charge in [-0.2, -0.15) is 0 Å². The lowest BCUT2D eigenvalue weighted by Gasteiger charge is -2.56. The highest BCUT2D eigenvalue weighted by Crippen LogP contribution is 2.55. The van der Waals surface area contributed by atoms with E-state index in [9.17, 15) is 19.8 Å². The lowest BCUT2D eigenvalue weighted by Crippen LogP contribution is -2.69. The molecule has 0 aliphatic heterocycles. The van der Waals surface area contributed by atoms with E-state index in [1.54, 1.807) is 20.8 Å². The average Bonchev–Trinajstić information content (AvgIpc) is 2.32. The Kier molecular flexibility index (Phi) is 4.44. The van der Waals surface area contributed by atoms with Crippen molar-refractivity contribution in [2.45, 2.75) is 83.0 Å². The molecule has 22 heavy (non-hydrogen) atoms. The number of alkyl carbamates (subject to hydrolysis) is 1. The number of hydrogen-bond donors (Lipinski definition) is 3. The third kappa shape index (κ3) is 3.07. The van der Waals surface area contributed by atoms with Gasteiger partial charge in [0.15, 0.2) is 0 Å². The van der Waals surface area contributed by atoms with E-state index in [1.807, 2.05) is 0 Å². The summed E-state index contributed by atoms with van der Waals surface area (Å²) < 4.78 is 5.33. The van der Waals surface area contributed by atoms with E-state index in [2.05, 4.69) is 5.32 Å². The van der Waals surface area contributed by atoms with E-state index < -0.39 is 34.7 Å². The summed E-state index contributed by atoms with van der Waals surface area (Å²) in [5.74, 6) is -0.934. The van der Waals surface area contributed by atoms with Crippen LogP contribution in [0.4, 0.5) is 4.79 Å². The summed E-state index contributed by atoms with van der Waals surface area (Å²) in [6, 6.07) is 0. The van der Waals surface area contributed by atoms with Gasteiger partial charge in [-0.15, -0.1) is 0 Å². The van der Waals surface area contributed by atoms with E-state index in [1.165, 1.54) is 0 Å². The first-order valence-electron chi connectivity index (χ1n) is 8.03. The van der Waals surface area contributed by atoms with Gasteiger partial charge in [-0.3, -0.25) is 4.79 Å². The summed E-state index contributed by atoms with van der Waals surface area (Å²) in [5.41, 5.74) is -2.53. The molecule has 0 bridgehead atoms. The number of carboxylic acids is 1. The summed E-state index contributed by atoms with van der Waals surface area (Å²) in [6.45, 7) is 5.33. The number of rotatable bonds is 3. The van der Waals surface area contributed by atoms with Gasteiger partial charge in [0.2, 0.25) is 0 Å². The van der Waals surface area contributed by atoms with Gasteiger partial charge in [-0.1, -0.05) is 19.3 Å². The first-order chi connectivity index (χ1) is 10.1. The topological polar surface area (TPSA) is 95.9 Å². The summed E-state index contributed by atoms with van der Waals surface area (Å²) in [7, 11) is 0. The van der Waals surface area contributed by atoms with Gasteiger partial charge in [0, 0.05) is 0 Å². The molecule has 2 aliphatic rings. The van der Waals surface area contributed by atoms with Gasteiger partial charge in [0.25, 0.3) is 0 Å². The molecule has 0 aromatic rings. The van der Waals surface area contributed by atoms with Crippen LogP contribution in [0.2, 0.25) is 0 Å². The zero-order valence-electron chi connectivity index (χ0n) is 13.6. The van der Waals surface area contributed by atoms with Crippen molar-refractivity contribution in [2.75, 3.05) is 0 Å². The molecule has 0 atom stereocenters. The largest absolute Gasteiger partial charge is 0.481 e. The van der Waals surface area contributed by atoms with Crippen LogP contribution < -0.4 is 5.32 Å². The molecule has 2 rings (SSSR count). The van der Waals surface area contributed by atoms with Gasteiger partial charge in [0.05, 0.1) is 17.1 Å². The van der Waals surface area contributed by atoms with Crippen LogP contribution in [0.5, 0.6) is 0 Å². The molecular weight excluding hydrogens is 286 g/mol. The Labute approximate surface area is 131 Å². The molecule has 126 valence electrons. The number of carbonyl (C=O) groups excluding carboxylic acids is 1. The van der Waals surface area contributed by atoms with E-state index in [-0.39, 0.29) is 12.8 Å². The summed E-state index contributed by atoms with van der Waals surface area (Å²) in [6.07, 6.45) is 3.23. The fourth-order valence-electron chi connectivity index (χ4n) is 3.89. The van der Waals surface area contributed by atoms with Crippen LogP contribution in [0.25, 0.3) is 0 Å². The number of carbonyl (C=O) groups is 2. The summed E-state index contributed by atoms with van der Waals surface area (Å²) in [5, 5.41) is 22.3. The van der Waals surface area contributed by atoms with E-state index in [0.717, 1.165) is 19.3 Å². The number of carboxylic acid groups (broad SMARTS) is 1. The van der Waals surface area contributed by atoms with Crippen LogP contribution in [-0.2, 0) is 9.53 Å². The van der Waals surface area contributed by atoms with Crippen molar-refractivity contribution >= 4 is 12.1 Å². The number of aliphatic hydroxyl groups is 1. The summed E-state index contributed by atoms with van der Waals surface area (Å²) in [4.78, 5) is 24.2. The van der Waals surface area contributed by atoms with E-state index in [0.29, 0.717) is 12.8 Å². The quantitative estimate of drug-likeness (QED) is 0.743. The molecular formula is C16H27NO5. The normalized spacial score (nSPS) is 31.0. The minimum atomic E-state index is -1.08. The third-order valence-corrected chi connectivity index (χ3v) is 4.94. The standard InChI is InChI=1S/C16H27NO5/c1-14(2,3)22-13(21)17-16(7-5-4-6-8-16)15(12(19)20)9-11(18)10-15/h11,18H,4-10H2,1-3H3,(H,17,21)(H,19,20). The van der Waals surface area contributed by atoms with Gasteiger partial charge in [-0.25, -0.2) is 4.79 Å². The first kappa shape index (κ1) is 17.1. The smallest absolute Gasteiger partial charge is 0.408 e. The van der Waals surface area contributed by atoms with Crippen LogP contribution in [-0.4, -0.2) is 39.5 Å². The molecule has 3 N–H and O–H groups in total. The molecule has 6 heteroatoms. The highest BCUT2D eigenvalue weighted by atomic mass is 16.6. The Balaban J connectivity index is 2.24. The van der Waals surface area contributed by atoms with Crippen LogP contribution in [0.15, 0.2) is 0 Å². The fourth-order valence-corrected chi connectivity index (χ4v) is 3.89. The molecule has 1 amide bonds. The van der Waals surface area contributed by atoms with Crippen LogP contribution >= 0.6 is 0 Å². The van der Waals surface area contributed by atoms with Crippen molar-refractivity contribution in [3.05, 3.63) is 0 Å². The second-order valence-electron chi connectivity index (χ2n) is 7.72. The maximum atomic E-state index is 12.2. The molecule has 0 unspecified atom stereocenters. The fraction of sp³-hybridized carbons (Fsp3) is 0.875. The Morgan fingerprint density at radius 3 is 2.09 bits per heavy atom. The maximum Gasteiger partial charge on any atom is 0.408 e. The molecule has 0 aromatic heterocycles. The van der Waals surface area contributed by atoms with Gasteiger partial charge >= 0.3 is 12.1 Å². The molecule has 0 heterocycles. The van der Waals surface area contributed by atoms with Crippen LogP contribution in [0, 0.1) is 5.41 Å². The number of nitrogens with one attached hydrogen (secondary N) is 1. The predicted octanol–water partition coefficient (Wildman–Crippen LogP) is 2.44. The Morgan fingerprint density at radius 2 is 1.68 bits per heavy atom. The number of aliphatic carboxylic acids is 1. The lowest BCUT2D eigenvalue weighted by atomic mass is 9.52. The zero-order valence-corrected chi connectivity index (χ0v) is 13.6. The molecule has 2 saturated carbocycles. The monoisotopic (exact) mass is 313 g/mol. The Bertz CT molecular complexity index is 442. The van der Waals surface area contributed by atoms with Gasteiger partial charge in [-0.05, 0) is 46.5 Å². The minimum Gasteiger partial charge on any atom is -0.481 e. The van der Waals surface area contributed by atoms with Crippen molar-refractivity contribution in [1.29, 1.82) is 0 Å². The molecule has 2 fully saturated rings. The predicted molar refractivity (Wildman–Crippen MR) is 80.5 cm³/mol. The van der Waals surface area contributed by atoms with Crippen molar-refractivity contribution in [3.8, 4) is 0 Å². The van der Waals surface area contributed by atoms with Gasteiger partial charge in [0.1, 0.15) is 5.60 Å². The lowest BCUT2D eigenvalue weighted by molar-refractivity contribution is -0.178. The number of amides is 1.